The van der Waals surface area contributed by atoms with Crippen LogP contribution in [0.15, 0.2) is 115 Å². The van der Waals surface area contributed by atoms with Crippen molar-refractivity contribution in [3.63, 3.8) is 0 Å². The third-order valence-corrected chi connectivity index (χ3v) is 6.34. The highest BCUT2D eigenvalue weighted by atomic mass is 16.6. The summed E-state index contributed by atoms with van der Waals surface area (Å²) >= 11 is 0. The maximum absolute atomic E-state index is 13.5. The lowest BCUT2D eigenvalue weighted by molar-refractivity contribution is 0.151. The molecule has 0 saturated carbocycles. The molecule has 1 unspecified atom stereocenters. The van der Waals surface area contributed by atoms with Crippen molar-refractivity contribution in [3.8, 4) is 5.75 Å². The maximum atomic E-state index is 13.5. The summed E-state index contributed by atoms with van der Waals surface area (Å²) in [5.74, 6) is 0.495. The van der Waals surface area contributed by atoms with Crippen molar-refractivity contribution >= 4 is 29.1 Å². The smallest absolute Gasteiger partial charge is 0.415 e. The second-order valence-electron chi connectivity index (χ2n) is 8.64. The molecule has 4 aromatic carbocycles. The first-order valence-corrected chi connectivity index (χ1v) is 12.1. The summed E-state index contributed by atoms with van der Waals surface area (Å²) in [5.41, 5.74) is 4.74. The lowest BCUT2D eigenvalue weighted by atomic mass is 9.94. The van der Waals surface area contributed by atoms with Gasteiger partial charge < -0.3 is 9.57 Å². The highest BCUT2D eigenvalue weighted by molar-refractivity contribution is 5.91. The van der Waals surface area contributed by atoms with Crippen LogP contribution in [0.1, 0.15) is 28.4 Å². The Hall–Kier alpha value is -4.77. The molecule has 1 atom stereocenters. The third kappa shape index (κ3) is 4.98. The van der Waals surface area contributed by atoms with E-state index in [2.05, 4.69) is 12.1 Å². The van der Waals surface area contributed by atoms with Crippen molar-refractivity contribution in [2.24, 2.45) is 0 Å². The summed E-state index contributed by atoms with van der Waals surface area (Å²) in [4.78, 5) is 21.0. The predicted octanol–water partition coefficient (Wildman–Crippen LogP) is 7.09. The van der Waals surface area contributed by atoms with Crippen LogP contribution in [0.25, 0.3) is 23.1 Å². The predicted molar refractivity (Wildman–Crippen MR) is 148 cm³/mol. The van der Waals surface area contributed by atoms with E-state index >= 15 is 0 Å². The standard InChI is InChI=1S/C32H28N2O3/c1-33(32(35)37-26-18-10-5-11-19-26)31(25-16-8-4-9-17-25)30-27-20-12-13-21-28(27)34(36-2)29(30)23-22-24-14-6-3-7-15-24/h3-23,31H,1-2H3/b23-22+. The lowest BCUT2D eigenvalue weighted by Crippen LogP contribution is -2.34. The SMILES string of the molecule is COn1c(/C=C/c2ccccc2)c(C(c2ccccc2)N(C)C(=O)Oc2ccccc2)c2ccccc21. The molecular formula is C32H28N2O3. The number of ether oxygens (including phenoxy) is 1. The first-order valence-electron chi connectivity index (χ1n) is 12.1. The van der Waals surface area contributed by atoms with Crippen molar-refractivity contribution in [2.75, 3.05) is 14.2 Å². The van der Waals surface area contributed by atoms with E-state index in [0.717, 1.165) is 33.3 Å². The van der Waals surface area contributed by atoms with E-state index in [1.54, 1.807) is 31.2 Å². The number of rotatable bonds is 7. The Morgan fingerprint density at radius 3 is 2.05 bits per heavy atom. The molecule has 0 N–H and O–H groups in total. The Bertz CT molecular complexity index is 1510. The fourth-order valence-corrected chi connectivity index (χ4v) is 4.62. The average molecular weight is 489 g/mol. The van der Waals surface area contributed by atoms with Gasteiger partial charge in [-0.05, 0) is 35.4 Å². The van der Waals surface area contributed by atoms with Crippen LogP contribution in [0.3, 0.4) is 0 Å². The number of carbonyl (C=O) groups is 1. The van der Waals surface area contributed by atoms with Crippen LogP contribution in [0.2, 0.25) is 0 Å². The quantitative estimate of drug-likeness (QED) is 0.246. The molecule has 0 radical (unpaired) electrons. The fraction of sp³-hybridized carbons (Fsp3) is 0.0938. The number of para-hydroxylation sites is 2. The van der Waals surface area contributed by atoms with E-state index in [9.17, 15) is 4.79 Å². The molecule has 1 amide bonds. The second-order valence-corrected chi connectivity index (χ2v) is 8.64. The zero-order valence-corrected chi connectivity index (χ0v) is 20.8. The Morgan fingerprint density at radius 1 is 0.784 bits per heavy atom. The minimum atomic E-state index is -0.452. The molecule has 184 valence electrons. The van der Waals surface area contributed by atoms with Gasteiger partial charge in [-0.25, -0.2) is 4.79 Å². The Morgan fingerprint density at radius 2 is 1.38 bits per heavy atom. The highest BCUT2D eigenvalue weighted by Gasteiger charge is 2.31. The summed E-state index contributed by atoms with van der Waals surface area (Å²) in [6.07, 6.45) is 3.64. The van der Waals surface area contributed by atoms with Gasteiger partial charge in [-0.1, -0.05) is 103 Å². The minimum Gasteiger partial charge on any atom is -0.417 e. The van der Waals surface area contributed by atoms with Gasteiger partial charge in [0.1, 0.15) is 12.9 Å². The van der Waals surface area contributed by atoms with E-state index < -0.39 is 12.1 Å². The zero-order valence-electron chi connectivity index (χ0n) is 20.8. The second kappa shape index (κ2) is 10.9. The van der Waals surface area contributed by atoms with E-state index in [0.29, 0.717) is 5.75 Å². The average Bonchev–Trinajstić information content (AvgIpc) is 3.26. The molecule has 37 heavy (non-hydrogen) atoms. The number of benzene rings is 4. The lowest BCUT2D eigenvalue weighted by Gasteiger charge is -2.29. The van der Waals surface area contributed by atoms with Gasteiger partial charge in [0.25, 0.3) is 0 Å². The minimum absolute atomic E-state index is 0.436. The van der Waals surface area contributed by atoms with E-state index in [-0.39, 0.29) is 0 Å². The maximum Gasteiger partial charge on any atom is 0.415 e. The van der Waals surface area contributed by atoms with Crippen molar-refractivity contribution in [1.82, 2.24) is 9.63 Å². The Labute approximate surface area is 216 Å². The van der Waals surface area contributed by atoms with Crippen molar-refractivity contribution in [1.29, 1.82) is 0 Å². The fourth-order valence-electron chi connectivity index (χ4n) is 4.62. The van der Waals surface area contributed by atoms with Crippen LogP contribution >= 0.6 is 0 Å². The topological polar surface area (TPSA) is 43.7 Å². The number of hydrogen-bond donors (Lipinski definition) is 0. The van der Waals surface area contributed by atoms with Crippen molar-refractivity contribution in [3.05, 3.63) is 138 Å². The molecule has 5 nitrogen and oxygen atoms in total. The number of fused-ring (bicyclic) bond motifs is 1. The summed E-state index contributed by atoms with van der Waals surface area (Å²) in [5, 5.41) is 0.991. The molecule has 0 saturated heterocycles. The molecule has 0 aliphatic heterocycles. The Balaban J connectivity index is 1.69. The van der Waals surface area contributed by atoms with Crippen LogP contribution < -0.4 is 9.57 Å². The first-order chi connectivity index (χ1) is 18.2. The molecule has 1 aromatic heterocycles. The zero-order chi connectivity index (χ0) is 25.6. The number of carbonyl (C=O) groups excluding carboxylic acids is 1. The molecule has 5 heteroatoms. The summed E-state index contributed by atoms with van der Waals surface area (Å²) < 4.78 is 7.56. The van der Waals surface area contributed by atoms with Gasteiger partial charge in [0.05, 0.1) is 17.3 Å². The molecule has 0 aliphatic carbocycles. The third-order valence-electron chi connectivity index (χ3n) is 6.34. The van der Waals surface area contributed by atoms with E-state index in [1.807, 2.05) is 108 Å². The van der Waals surface area contributed by atoms with Crippen LogP contribution in [-0.4, -0.2) is 29.9 Å². The van der Waals surface area contributed by atoms with Gasteiger partial charge in [0, 0.05) is 18.0 Å². The van der Waals surface area contributed by atoms with E-state index in [4.69, 9.17) is 9.57 Å². The molecule has 0 spiro atoms. The van der Waals surface area contributed by atoms with Gasteiger partial charge in [0.2, 0.25) is 0 Å². The Kier molecular flexibility index (Phi) is 7.04. The molecule has 5 rings (SSSR count). The number of hydrogen-bond acceptors (Lipinski definition) is 3. The normalized spacial score (nSPS) is 11.9. The first kappa shape index (κ1) is 23.9. The molecule has 1 heterocycles. The van der Waals surface area contributed by atoms with Gasteiger partial charge in [0.15, 0.2) is 0 Å². The summed E-state index contributed by atoms with van der Waals surface area (Å²) in [7, 11) is 3.42. The van der Waals surface area contributed by atoms with E-state index in [1.165, 1.54) is 0 Å². The number of aromatic nitrogens is 1. The molecule has 0 aliphatic rings. The van der Waals surface area contributed by atoms with Crippen molar-refractivity contribution in [2.45, 2.75) is 6.04 Å². The summed E-state index contributed by atoms with van der Waals surface area (Å²) in [6.45, 7) is 0. The van der Waals surface area contributed by atoms with Crippen LogP contribution in [-0.2, 0) is 0 Å². The molecular weight excluding hydrogens is 460 g/mol. The number of nitrogens with zero attached hydrogens (tertiary/aromatic N) is 2. The molecule has 0 bridgehead atoms. The largest absolute Gasteiger partial charge is 0.417 e. The number of amides is 1. The summed E-state index contributed by atoms with van der Waals surface area (Å²) in [6, 6.07) is 36.8. The van der Waals surface area contributed by atoms with Gasteiger partial charge in [-0.3, -0.25) is 4.90 Å². The molecule has 5 aromatic rings. The van der Waals surface area contributed by atoms with Crippen LogP contribution in [0.4, 0.5) is 4.79 Å². The van der Waals surface area contributed by atoms with Crippen LogP contribution in [0, 0.1) is 0 Å². The van der Waals surface area contributed by atoms with Gasteiger partial charge in [-0.2, -0.15) is 4.73 Å². The monoisotopic (exact) mass is 488 g/mol. The van der Waals surface area contributed by atoms with Crippen molar-refractivity contribution < 1.29 is 14.4 Å². The van der Waals surface area contributed by atoms with Crippen LogP contribution in [0.5, 0.6) is 5.75 Å². The van der Waals surface area contributed by atoms with Gasteiger partial charge in [-0.15, -0.1) is 0 Å². The van der Waals surface area contributed by atoms with Gasteiger partial charge >= 0.3 is 6.09 Å². The highest BCUT2D eigenvalue weighted by Crippen LogP contribution is 2.38. The molecule has 0 fully saturated rings.